The van der Waals surface area contributed by atoms with Crippen molar-refractivity contribution in [1.82, 2.24) is 0 Å². The van der Waals surface area contributed by atoms with Crippen LogP contribution in [0.15, 0.2) is 34.3 Å². The molecule has 0 saturated carbocycles. The number of rotatable bonds is 6. The first-order valence-electron chi connectivity index (χ1n) is 7.49. The Bertz CT molecular complexity index is 673. The summed E-state index contributed by atoms with van der Waals surface area (Å²) in [6.07, 6.45) is -1.84. The highest BCUT2D eigenvalue weighted by Gasteiger charge is 2.34. The predicted molar refractivity (Wildman–Crippen MR) is 88.2 cm³/mol. The summed E-state index contributed by atoms with van der Waals surface area (Å²) in [5.41, 5.74) is 0.298. The van der Waals surface area contributed by atoms with Crippen LogP contribution in [-0.2, 0) is 9.59 Å². The van der Waals surface area contributed by atoms with Crippen molar-refractivity contribution in [3.63, 3.8) is 0 Å². The fourth-order valence-corrected chi connectivity index (χ4v) is 2.74. The third-order valence-electron chi connectivity index (χ3n) is 3.74. The summed E-state index contributed by atoms with van der Waals surface area (Å²) in [6, 6.07) is 3.84. The number of halogens is 2. The van der Waals surface area contributed by atoms with Gasteiger partial charge < -0.3 is 19.7 Å². The number of carbonyl (C=O) groups excluding carboxylic acids is 2. The average molecular weight is 401 g/mol. The molecule has 3 atom stereocenters. The molecule has 2 N–H and O–H groups in total. The lowest BCUT2D eigenvalue weighted by Crippen LogP contribution is -2.44. The fraction of sp³-hybridized carbons (Fsp3) is 0.412. The second-order valence-corrected chi connectivity index (χ2v) is 6.59. The lowest BCUT2D eigenvalue weighted by atomic mass is 9.88. The highest BCUT2D eigenvalue weighted by molar-refractivity contribution is 9.10. The van der Waals surface area contributed by atoms with E-state index >= 15 is 0 Å². The van der Waals surface area contributed by atoms with E-state index in [4.69, 9.17) is 4.74 Å². The van der Waals surface area contributed by atoms with Crippen LogP contribution in [0.4, 0.5) is 4.39 Å². The number of carbonyl (C=O) groups is 2. The molecule has 2 rings (SSSR count). The van der Waals surface area contributed by atoms with E-state index in [0.717, 1.165) is 6.07 Å². The van der Waals surface area contributed by atoms with Gasteiger partial charge in [0, 0.05) is 25.3 Å². The first-order chi connectivity index (χ1) is 11.3. The number of aliphatic hydroxyl groups is 2. The molecule has 1 aromatic carbocycles. The zero-order chi connectivity index (χ0) is 17.9. The van der Waals surface area contributed by atoms with Crippen LogP contribution in [-0.4, -0.2) is 40.1 Å². The fourth-order valence-electron chi connectivity index (χ4n) is 2.40. The minimum absolute atomic E-state index is 0.0118. The molecule has 0 saturated heterocycles. The van der Waals surface area contributed by atoms with Gasteiger partial charge in [0.15, 0.2) is 5.78 Å². The molecular weight excluding hydrogens is 383 g/mol. The largest absolute Gasteiger partial charge is 0.482 e. The van der Waals surface area contributed by atoms with E-state index in [1.807, 2.05) is 0 Å². The van der Waals surface area contributed by atoms with Crippen LogP contribution in [0.2, 0.25) is 0 Å². The Morgan fingerprint density at radius 3 is 2.71 bits per heavy atom. The number of aliphatic hydroxyl groups excluding tert-OH is 2. The molecule has 0 radical (unpaired) electrons. The second-order valence-electron chi connectivity index (χ2n) is 5.74. The maximum Gasteiger partial charge on any atom is 0.159 e. The molecule has 0 bridgehead atoms. The van der Waals surface area contributed by atoms with E-state index in [9.17, 15) is 24.2 Å². The van der Waals surface area contributed by atoms with Crippen molar-refractivity contribution < 1.29 is 28.9 Å². The molecule has 1 aliphatic carbocycles. The van der Waals surface area contributed by atoms with E-state index < -0.39 is 24.1 Å². The molecule has 0 heterocycles. The Morgan fingerprint density at radius 2 is 2.04 bits per heavy atom. The SMILES string of the molecule is CC(=O)CCC(=O)C1=C[C@@H](Oc2cc(F)ccc2Br)[C@H](O)[C@H](O)C1. The number of ketones is 2. The first kappa shape index (κ1) is 18.8. The molecule has 0 fully saturated rings. The zero-order valence-corrected chi connectivity index (χ0v) is 14.6. The molecule has 1 aliphatic rings. The number of Topliss-reactive ketones (excluding diaryl/α,β-unsaturated/α-hetero) is 2. The van der Waals surface area contributed by atoms with Crippen molar-refractivity contribution in [3.05, 3.63) is 40.1 Å². The second kappa shape index (κ2) is 8.00. The molecular formula is C17H18BrFO5. The molecule has 1 aromatic rings. The van der Waals surface area contributed by atoms with Crippen LogP contribution >= 0.6 is 15.9 Å². The molecule has 0 spiro atoms. The van der Waals surface area contributed by atoms with Crippen molar-refractivity contribution in [2.45, 2.75) is 44.5 Å². The highest BCUT2D eigenvalue weighted by atomic mass is 79.9. The third kappa shape index (κ3) is 4.72. The summed E-state index contributed by atoms with van der Waals surface area (Å²) in [4.78, 5) is 23.1. The zero-order valence-electron chi connectivity index (χ0n) is 13.0. The molecule has 0 amide bonds. The highest BCUT2D eigenvalue weighted by Crippen LogP contribution is 2.30. The van der Waals surface area contributed by atoms with Gasteiger partial charge in [-0.05, 0) is 46.6 Å². The Labute approximate surface area is 147 Å². The van der Waals surface area contributed by atoms with Gasteiger partial charge in [0.25, 0.3) is 0 Å². The smallest absolute Gasteiger partial charge is 0.159 e. The summed E-state index contributed by atoms with van der Waals surface area (Å²) in [6.45, 7) is 1.40. The number of hydrogen-bond donors (Lipinski definition) is 2. The molecule has 0 unspecified atom stereocenters. The van der Waals surface area contributed by atoms with Crippen LogP contribution in [0, 0.1) is 5.82 Å². The Morgan fingerprint density at radius 1 is 1.33 bits per heavy atom. The number of hydrogen-bond acceptors (Lipinski definition) is 5. The van der Waals surface area contributed by atoms with Crippen molar-refractivity contribution in [3.8, 4) is 5.75 Å². The molecule has 130 valence electrons. The van der Waals surface area contributed by atoms with E-state index in [2.05, 4.69) is 15.9 Å². The summed E-state index contributed by atoms with van der Waals surface area (Å²) in [5, 5.41) is 20.1. The quantitative estimate of drug-likeness (QED) is 0.765. The first-order valence-corrected chi connectivity index (χ1v) is 8.28. The number of benzene rings is 1. The lowest BCUT2D eigenvalue weighted by Gasteiger charge is -2.31. The van der Waals surface area contributed by atoms with Gasteiger partial charge in [-0.15, -0.1) is 0 Å². The van der Waals surface area contributed by atoms with Crippen molar-refractivity contribution in [1.29, 1.82) is 0 Å². The van der Waals surface area contributed by atoms with Crippen molar-refractivity contribution in [2.75, 3.05) is 0 Å². The summed E-state index contributed by atoms with van der Waals surface area (Å²) in [7, 11) is 0. The molecule has 0 aliphatic heterocycles. The van der Waals surface area contributed by atoms with Gasteiger partial charge in [0.1, 0.15) is 29.6 Å². The van der Waals surface area contributed by atoms with Gasteiger partial charge >= 0.3 is 0 Å². The van der Waals surface area contributed by atoms with E-state index in [-0.39, 0.29) is 36.6 Å². The molecule has 0 aromatic heterocycles. The van der Waals surface area contributed by atoms with Gasteiger partial charge in [0.2, 0.25) is 0 Å². The Hall–Kier alpha value is -1.57. The normalized spacial score (nSPS) is 23.5. The van der Waals surface area contributed by atoms with E-state index in [0.29, 0.717) is 10.0 Å². The Balaban J connectivity index is 2.20. The van der Waals surface area contributed by atoms with Gasteiger partial charge in [-0.25, -0.2) is 4.39 Å². The van der Waals surface area contributed by atoms with Crippen molar-refractivity contribution in [2.24, 2.45) is 0 Å². The minimum atomic E-state index is -1.25. The van der Waals surface area contributed by atoms with Crippen LogP contribution in [0.25, 0.3) is 0 Å². The van der Waals surface area contributed by atoms with Crippen LogP contribution in [0.3, 0.4) is 0 Å². The van der Waals surface area contributed by atoms with Gasteiger partial charge in [-0.3, -0.25) is 4.79 Å². The maximum absolute atomic E-state index is 13.3. The average Bonchev–Trinajstić information content (AvgIpc) is 2.52. The summed E-state index contributed by atoms with van der Waals surface area (Å²) in [5.74, 6) is -0.736. The standard InChI is InChI=1S/C17H18BrFO5/c1-9(20)2-5-13(21)10-6-14(22)17(23)16(7-10)24-15-8-11(19)3-4-12(15)18/h3-4,7-8,14,16-17,22-23H,2,5-6H2,1H3/t14-,16-,17-/m1/s1. The summed E-state index contributed by atoms with van der Waals surface area (Å²) >= 11 is 3.22. The minimum Gasteiger partial charge on any atom is -0.482 e. The van der Waals surface area contributed by atoms with Crippen LogP contribution in [0.5, 0.6) is 5.75 Å². The van der Waals surface area contributed by atoms with Gasteiger partial charge in [0.05, 0.1) is 10.6 Å². The lowest BCUT2D eigenvalue weighted by molar-refractivity contribution is -0.122. The third-order valence-corrected chi connectivity index (χ3v) is 4.40. The molecule has 7 heteroatoms. The summed E-state index contributed by atoms with van der Waals surface area (Å²) < 4.78 is 19.4. The predicted octanol–water partition coefficient (Wildman–Crippen LogP) is 2.33. The van der Waals surface area contributed by atoms with Crippen LogP contribution < -0.4 is 4.74 Å². The topological polar surface area (TPSA) is 83.8 Å². The van der Waals surface area contributed by atoms with Crippen LogP contribution in [0.1, 0.15) is 26.2 Å². The van der Waals surface area contributed by atoms with Gasteiger partial charge in [-0.2, -0.15) is 0 Å². The molecule has 5 nitrogen and oxygen atoms in total. The van der Waals surface area contributed by atoms with E-state index in [1.54, 1.807) is 0 Å². The van der Waals surface area contributed by atoms with Crippen molar-refractivity contribution >= 4 is 27.5 Å². The Kier molecular flexibility index (Phi) is 6.26. The number of ether oxygens (including phenoxy) is 1. The maximum atomic E-state index is 13.3. The van der Waals surface area contributed by atoms with E-state index in [1.165, 1.54) is 25.1 Å². The molecule has 24 heavy (non-hydrogen) atoms. The van der Waals surface area contributed by atoms with Gasteiger partial charge in [-0.1, -0.05) is 0 Å². The monoisotopic (exact) mass is 400 g/mol.